The summed E-state index contributed by atoms with van der Waals surface area (Å²) in [5.74, 6) is 0.731. The Morgan fingerprint density at radius 2 is 2.00 bits per heavy atom. The second-order valence-electron chi connectivity index (χ2n) is 6.96. The van der Waals surface area contributed by atoms with E-state index in [9.17, 15) is 0 Å². The van der Waals surface area contributed by atoms with Crippen molar-refractivity contribution >= 4 is 17.0 Å². The number of likely N-dealkylation sites (N-methyl/N-ethyl adjacent to an activating group) is 1. The van der Waals surface area contributed by atoms with Crippen LogP contribution in [0.3, 0.4) is 0 Å². The fraction of sp³-hybridized carbons (Fsp3) is 0.450. The van der Waals surface area contributed by atoms with Gasteiger partial charge in [0, 0.05) is 48.7 Å². The first-order valence-corrected chi connectivity index (χ1v) is 9.53. The number of hydrogen-bond donors (Lipinski definition) is 2. The molecule has 1 fully saturated rings. The van der Waals surface area contributed by atoms with Crippen LogP contribution < -0.4 is 10.6 Å². The molecule has 0 saturated heterocycles. The van der Waals surface area contributed by atoms with Crippen molar-refractivity contribution in [2.24, 2.45) is 0 Å². The maximum Gasteiger partial charge on any atom is 0.223 e. The molecular weight excluding hydrogens is 324 g/mol. The fourth-order valence-corrected chi connectivity index (χ4v) is 3.74. The van der Waals surface area contributed by atoms with Gasteiger partial charge in [-0.2, -0.15) is 0 Å². The molecule has 0 amide bonds. The normalized spacial score (nSPS) is 15.4. The molecule has 0 radical (unpaired) electrons. The molecule has 3 aromatic heterocycles. The summed E-state index contributed by atoms with van der Waals surface area (Å²) in [5, 5.41) is 7.86. The molecule has 6 nitrogen and oxygen atoms in total. The molecule has 136 valence electrons. The van der Waals surface area contributed by atoms with Gasteiger partial charge >= 0.3 is 0 Å². The molecule has 26 heavy (non-hydrogen) atoms. The molecule has 6 heteroatoms. The lowest BCUT2D eigenvalue weighted by Crippen LogP contribution is -2.23. The van der Waals surface area contributed by atoms with Gasteiger partial charge in [0.05, 0.1) is 5.69 Å². The first kappa shape index (κ1) is 17.0. The Hall–Kier alpha value is -2.47. The van der Waals surface area contributed by atoms with Crippen molar-refractivity contribution in [1.29, 1.82) is 0 Å². The van der Waals surface area contributed by atoms with Gasteiger partial charge in [-0.3, -0.25) is 0 Å². The molecule has 0 aromatic carbocycles. The van der Waals surface area contributed by atoms with Gasteiger partial charge in [-0.1, -0.05) is 19.3 Å². The van der Waals surface area contributed by atoms with Crippen LogP contribution >= 0.6 is 0 Å². The summed E-state index contributed by atoms with van der Waals surface area (Å²) in [7, 11) is 1.97. The van der Waals surface area contributed by atoms with Gasteiger partial charge in [-0.25, -0.2) is 15.0 Å². The summed E-state index contributed by atoms with van der Waals surface area (Å²) in [4.78, 5) is 13.8. The Morgan fingerprint density at radius 1 is 1.12 bits per heavy atom. The van der Waals surface area contributed by atoms with Crippen LogP contribution in [0.25, 0.3) is 22.3 Å². The van der Waals surface area contributed by atoms with E-state index in [1.165, 1.54) is 32.1 Å². The number of hydrogen-bond acceptors (Lipinski definition) is 5. The van der Waals surface area contributed by atoms with Gasteiger partial charge in [0.1, 0.15) is 5.65 Å². The number of pyridine rings is 1. The van der Waals surface area contributed by atoms with E-state index < -0.39 is 0 Å². The summed E-state index contributed by atoms with van der Waals surface area (Å²) in [5.41, 5.74) is 3.05. The highest BCUT2D eigenvalue weighted by molar-refractivity contribution is 5.93. The zero-order chi connectivity index (χ0) is 17.8. The van der Waals surface area contributed by atoms with Gasteiger partial charge in [-0.05, 0) is 38.1 Å². The maximum absolute atomic E-state index is 4.80. The minimum absolute atomic E-state index is 0.498. The van der Waals surface area contributed by atoms with E-state index in [2.05, 4.69) is 37.4 Å². The quantitative estimate of drug-likeness (QED) is 0.713. The lowest BCUT2D eigenvalue weighted by Gasteiger charge is -2.22. The number of anilines is 1. The van der Waals surface area contributed by atoms with Crippen molar-refractivity contribution in [3.63, 3.8) is 0 Å². The highest BCUT2D eigenvalue weighted by Gasteiger charge is 2.16. The van der Waals surface area contributed by atoms with Crippen LogP contribution in [0.4, 0.5) is 5.95 Å². The third kappa shape index (κ3) is 3.55. The Bertz CT molecular complexity index is 866. The van der Waals surface area contributed by atoms with E-state index in [-0.39, 0.29) is 0 Å². The first-order valence-electron chi connectivity index (χ1n) is 9.53. The number of fused-ring (bicyclic) bond motifs is 1. The van der Waals surface area contributed by atoms with Crippen LogP contribution in [0.5, 0.6) is 0 Å². The molecular formula is C20H26N6. The zero-order valence-corrected chi connectivity index (χ0v) is 15.3. The predicted molar refractivity (Wildman–Crippen MR) is 105 cm³/mol. The smallest absolute Gasteiger partial charge is 0.223 e. The highest BCUT2D eigenvalue weighted by Crippen LogP contribution is 2.29. The first-order chi connectivity index (χ1) is 12.8. The molecule has 0 unspecified atom stereocenters. The highest BCUT2D eigenvalue weighted by atomic mass is 15.1. The van der Waals surface area contributed by atoms with Crippen molar-refractivity contribution in [3.8, 4) is 11.3 Å². The summed E-state index contributed by atoms with van der Waals surface area (Å²) in [6.07, 6.45) is 12.2. The van der Waals surface area contributed by atoms with Crippen LogP contribution in [0.15, 0.2) is 36.8 Å². The van der Waals surface area contributed by atoms with E-state index >= 15 is 0 Å². The average Bonchev–Trinajstić information content (AvgIpc) is 3.06. The Kier molecular flexibility index (Phi) is 5.11. The van der Waals surface area contributed by atoms with Crippen molar-refractivity contribution < 1.29 is 0 Å². The fourth-order valence-electron chi connectivity index (χ4n) is 3.74. The number of aromatic nitrogens is 4. The number of nitrogens with one attached hydrogen (secondary N) is 2. The summed E-state index contributed by atoms with van der Waals surface area (Å²) in [6, 6.07) is 6.58. The van der Waals surface area contributed by atoms with Gasteiger partial charge in [0.2, 0.25) is 5.95 Å². The van der Waals surface area contributed by atoms with Gasteiger partial charge in [0.15, 0.2) is 0 Å². The minimum Gasteiger partial charge on any atom is -0.351 e. The monoisotopic (exact) mass is 350 g/mol. The molecule has 3 heterocycles. The topological polar surface area (TPSA) is 67.7 Å². The molecule has 3 aromatic rings. The van der Waals surface area contributed by atoms with Crippen LogP contribution in [0.1, 0.15) is 32.1 Å². The molecule has 0 atom stereocenters. The largest absolute Gasteiger partial charge is 0.351 e. The maximum atomic E-state index is 4.80. The van der Waals surface area contributed by atoms with Gasteiger partial charge < -0.3 is 15.2 Å². The van der Waals surface area contributed by atoms with E-state index in [1.807, 2.05) is 31.6 Å². The molecule has 0 bridgehead atoms. The summed E-state index contributed by atoms with van der Waals surface area (Å²) >= 11 is 0. The van der Waals surface area contributed by atoms with E-state index in [0.717, 1.165) is 41.3 Å². The van der Waals surface area contributed by atoms with Crippen molar-refractivity contribution in [2.75, 3.05) is 18.9 Å². The standard InChI is InChI=1S/C20H26N6/c1-21-12-13-26-14-17(16-8-5-10-22-19(16)26)18-9-11-23-20(25-18)24-15-6-3-2-4-7-15/h5,8-11,14-15,21H,2-4,6-7,12-13H2,1H3,(H,23,24,25). The van der Waals surface area contributed by atoms with Crippen molar-refractivity contribution in [1.82, 2.24) is 24.8 Å². The van der Waals surface area contributed by atoms with E-state index in [1.54, 1.807) is 0 Å². The van der Waals surface area contributed by atoms with Crippen LogP contribution in [0.2, 0.25) is 0 Å². The second-order valence-corrected chi connectivity index (χ2v) is 6.96. The van der Waals surface area contributed by atoms with Crippen molar-refractivity contribution in [3.05, 3.63) is 36.8 Å². The third-order valence-electron chi connectivity index (χ3n) is 5.11. The lowest BCUT2D eigenvalue weighted by atomic mass is 9.96. The second kappa shape index (κ2) is 7.83. The SMILES string of the molecule is CNCCn1cc(-c2ccnc(NC3CCCCC3)n2)c2cccnc21. The average molecular weight is 350 g/mol. The van der Waals surface area contributed by atoms with E-state index in [4.69, 9.17) is 4.98 Å². The Morgan fingerprint density at radius 3 is 2.85 bits per heavy atom. The van der Waals surface area contributed by atoms with Crippen LogP contribution in [0, 0.1) is 0 Å². The molecule has 0 aliphatic heterocycles. The number of rotatable bonds is 6. The predicted octanol–water partition coefficient (Wildman–Crippen LogP) is 3.46. The molecule has 1 aliphatic rings. The summed E-state index contributed by atoms with van der Waals surface area (Å²) < 4.78 is 2.19. The molecule has 2 N–H and O–H groups in total. The van der Waals surface area contributed by atoms with Crippen LogP contribution in [-0.4, -0.2) is 39.2 Å². The number of nitrogens with zero attached hydrogens (tertiary/aromatic N) is 4. The Labute approximate surface area is 154 Å². The summed E-state index contributed by atoms with van der Waals surface area (Å²) in [6.45, 7) is 1.78. The molecule has 1 aliphatic carbocycles. The van der Waals surface area contributed by atoms with Crippen LogP contribution in [-0.2, 0) is 6.54 Å². The van der Waals surface area contributed by atoms with Gasteiger partial charge in [-0.15, -0.1) is 0 Å². The lowest BCUT2D eigenvalue weighted by molar-refractivity contribution is 0.461. The zero-order valence-electron chi connectivity index (χ0n) is 15.3. The molecule has 0 spiro atoms. The minimum atomic E-state index is 0.498. The van der Waals surface area contributed by atoms with Crippen molar-refractivity contribution in [2.45, 2.75) is 44.7 Å². The third-order valence-corrected chi connectivity index (χ3v) is 5.11. The molecule has 1 saturated carbocycles. The Balaban J connectivity index is 1.65. The van der Waals surface area contributed by atoms with Gasteiger partial charge in [0.25, 0.3) is 0 Å². The van der Waals surface area contributed by atoms with E-state index in [0.29, 0.717) is 6.04 Å². The molecule has 4 rings (SSSR count).